The van der Waals surface area contributed by atoms with Crippen LogP contribution in [0.15, 0.2) is 18.1 Å². The van der Waals surface area contributed by atoms with Crippen LogP contribution in [0.25, 0.3) is 6.08 Å². The van der Waals surface area contributed by atoms with Gasteiger partial charge in [0.2, 0.25) is 0 Å². The maximum absolute atomic E-state index is 14.4. The minimum atomic E-state index is -0.542. The Morgan fingerprint density at radius 1 is 1.04 bits per heavy atom. The van der Waals surface area contributed by atoms with E-state index in [9.17, 15) is 8.78 Å². The van der Waals surface area contributed by atoms with Gasteiger partial charge in [-0.05, 0) is 45.4 Å². The van der Waals surface area contributed by atoms with Gasteiger partial charge < -0.3 is 14.0 Å². The molecule has 0 unspecified atom stereocenters. The molecule has 0 spiro atoms. The van der Waals surface area contributed by atoms with Gasteiger partial charge in [0.1, 0.15) is 11.6 Å². The predicted octanol–water partition coefficient (Wildman–Crippen LogP) is 3.44. The van der Waals surface area contributed by atoms with Crippen molar-refractivity contribution < 1.29 is 22.8 Å². The molecule has 1 aromatic carbocycles. The first kappa shape index (κ1) is 19.5. The van der Waals surface area contributed by atoms with E-state index in [-0.39, 0.29) is 12.1 Å². The van der Waals surface area contributed by atoms with Crippen LogP contribution in [0.3, 0.4) is 0 Å². The zero-order valence-electron chi connectivity index (χ0n) is 15.9. The van der Waals surface area contributed by atoms with Crippen LogP contribution in [0, 0.1) is 11.6 Å². The molecule has 0 amide bonds. The molecule has 2 heterocycles. The minimum Gasteiger partial charge on any atom is -0.400 e. The molecular formula is C19H26BF2NO3. The summed E-state index contributed by atoms with van der Waals surface area (Å²) >= 11 is 0. The van der Waals surface area contributed by atoms with Crippen LogP contribution < -0.4 is 0 Å². The molecule has 2 aliphatic rings. The first-order chi connectivity index (χ1) is 12.2. The highest BCUT2D eigenvalue weighted by atomic mass is 19.1. The van der Waals surface area contributed by atoms with Gasteiger partial charge in [-0.25, -0.2) is 8.78 Å². The van der Waals surface area contributed by atoms with E-state index in [0.717, 1.165) is 0 Å². The smallest absolute Gasteiger partial charge is 0.400 e. The van der Waals surface area contributed by atoms with Crippen LogP contribution in [0.1, 0.15) is 38.8 Å². The Morgan fingerprint density at radius 2 is 1.58 bits per heavy atom. The predicted molar refractivity (Wildman–Crippen MR) is 97.6 cm³/mol. The third-order valence-electron chi connectivity index (χ3n) is 5.37. The molecule has 0 atom stereocenters. The Balaban J connectivity index is 1.70. The van der Waals surface area contributed by atoms with Gasteiger partial charge in [-0.2, -0.15) is 0 Å². The lowest BCUT2D eigenvalue weighted by Gasteiger charge is -2.32. The summed E-state index contributed by atoms with van der Waals surface area (Å²) in [6, 6.07) is 2.70. The lowest BCUT2D eigenvalue weighted by molar-refractivity contribution is 0.00578. The Kier molecular flexibility index (Phi) is 5.54. The van der Waals surface area contributed by atoms with E-state index < -0.39 is 30.0 Å². The summed E-state index contributed by atoms with van der Waals surface area (Å²) in [4.78, 5) is 1.99. The van der Waals surface area contributed by atoms with Gasteiger partial charge in [0.15, 0.2) is 0 Å². The van der Waals surface area contributed by atoms with E-state index in [0.29, 0.717) is 31.9 Å². The van der Waals surface area contributed by atoms with Crippen LogP contribution in [0.2, 0.25) is 0 Å². The summed E-state index contributed by atoms with van der Waals surface area (Å²) in [6.07, 6.45) is 1.63. The largest absolute Gasteiger partial charge is 0.487 e. The molecule has 3 rings (SSSR count). The van der Waals surface area contributed by atoms with Crippen molar-refractivity contribution in [1.82, 2.24) is 4.90 Å². The molecule has 0 aliphatic carbocycles. The average Bonchev–Trinajstić information content (AvgIpc) is 2.77. The summed E-state index contributed by atoms with van der Waals surface area (Å²) in [7, 11) is -0.542. The molecule has 7 heteroatoms. The fourth-order valence-electron chi connectivity index (χ4n) is 3.01. The van der Waals surface area contributed by atoms with Crippen molar-refractivity contribution in [3.05, 3.63) is 40.9 Å². The fraction of sp³-hybridized carbons (Fsp3) is 0.579. The first-order valence-electron chi connectivity index (χ1n) is 9.00. The molecule has 0 saturated carbocycles. The topological polar surface area (TPSA) is 30.9 Å². The number of morpholine rings is 1. The highest BCUT2D eigenvalue weighted by Gasteiger charge is 2.50. The van der Waals surface area contributed by atoms with Gasteiger partial charge >= 0.3 is 7.12 Å². The standard InChI is InChI=1S/C19H26BF2NO3/c1-18(2)19(3,4)26-20(25-18)6-5-14-11-16(21)15(17(22)12-14)13-23-7-9-24-10-8-23/h5-6,11-12H,7-10,13H2,1-4H3/b6-5+. The zero-order chi connectivity index (χ0) is 18.9. The van der Waals surface area contributed by atoms with Crippen LogP contribution in [0.5, 0.6) is 0 Å². The van der Waals surface area contributed by atoms with E-state index in [2.05, 4.69) is 0 Å². The number of ether oxygens (including phenoxy) is 1. The van der Waals surface area contributed by atoms with Crippen LogP contribution in [0.4, 0.5) is 8.78 Å². The molecule has 2 aliphatic heterocycles. The molecule has 26 heavy (non-hydrogen) atoms. The second-order valence-electron chi connectivity index (χ2n) is 7.84. The van der Waals surface area contributed by atoms with Gasteiger partial charge in [-0.15, -0.1) is 0 Å². The summed E-state index contributed by atoms with van der Waals surface area (Å²) < 4.78 is 45.8. The molecule has 0 radical (unpaired) electrons. The van der Waals surface area contributed by atoms with Crippen molar-refractivity contribution in [3.8, 4) is 0 Å². The third kappa shape index (κ3) is 4.17. The third-order valence-corrected chi connectivity index (χ3v) is 5.37. The van der Waals surface area contributed by atoms with Gasteiger partial charge in [0.25, 0.3) is 0 Å². The minimum absolute atomic E-state index is 0.0969. The van der Waals surface area contributed by atoms with Gasteiger partial charge in [-0.3, -0.25) is 4.90 Å². The zero-order valence-corrected chi connectivity index (χ0v) is 15.9. The van der Waals surface area contributed by atoms with Gasteiger partial charge in [0, 0.05) is 25.2 Å². The van der Waals surface area contributed by atoms with Gasteiger partial charge in [-0.1, -0.05) is 12.1 Å². The lowest BCUT2D eigenvalue weighted by atomic mass is 9.89. The quantitative estimate of drug-likeness (QED) is 0.765. The number of rotatable bonds is 4. The molecule has 1 aromatic rings. The summed E-state index contributed by atoms with van der Waals surface area (Å²) in [6.45, 7) is 10.6. The van der Waals surface area contributed by atoms with E-state index in [1.807, 2.05) is 32.6 Å². The molecule has 4 nitrogen and oxygen atoms in total. The molecule has 2 saturated heterocycles. The Labute approximate surface area is 154 Å². The molecule has 0 N–H and O–H groups in total. The number of hydrogen-bond donors (Lipinski definition) is 0. The summed E-state index contributed by atoms with van der Waals surface area (Å²) in [5, 5.41) is 0. The molecule has 0 bridgehead atoms. The Bertz CT molecular complexity index is 648. The Morgan fingerprint density at radius 3 is 2.12 bits per heavy atom. The van der Waals surface area contributed by atoms with Crippen molar-refractivity contribution in [2.45, 2.75) is 45.4 Å². The fourth-order valence-corrected chi connectivity index (χ4v) is 3.01. The van der Waals surface area contributed by atoms with E-state index in [1.165, 1.54) is 12.1 Å². The number of halogens is 2. The highest BCUT2D eigenvalue weighted by Crippen LogP contribution is 2.37. The number of benzene rings is 1. The maximum Gasteiger partial charge on any atom is 0.487 e. The van der Waals surface area contributed by atoms with E-state index >= 15 is 0 Å². The molecule has 2 fully saturated rings. The second kappa shape index (κ2) is 7.39. The monoisotopic (exact) mass is 365 g/mol. The van der Waals surface area contributed by atoms with Crippen molar-refractivity contribution in [2.75, 3.05) is 26.3 Å². The van der Waals surface area contributed by atoms with Crippen molar-refractivity contribution in [1.29, 1.82) is 0 Å². The summed E-state index contributed by atoms with van der Waals surface area (Å²) in [5.74, 6) is 0.613. The average molecular weight is 365 g/mol. The van der Waals surface area contributed by atoms with Gasteiger partial charge in [0.05, 0.1) is 24.4 Å². The normalized spacial score (nSPS) is 23.1. The highest BCUT2D eigenvalue weighted by molar-refractivity contribution is 6.52. The van der Waals surface area contributed by atoms with E-state index in [4.69, 9.17) is 14.0 Å². The van der Waals surface area contributed by atoms with E-state index in [1.54, 1.807) is 12.1 Å². The first-order valence-corrected chi connectivity index (χ1v) is 9.00. The van der Waals surface area contributed by atoms with Crippen LogP contribution >= 0.6 is 0 Å². The molecule has 0 aromatic heterocycles. The SMILES string of the molecule is CC1(C)OB(/C=C/c2cc(F)c(CN3CCOCC3)c(F)c2)OC1(C)C. The molecule has 142 valence electrons. The van der Waals surface area contributed by atoms with Crippen LogP contribution in [-0.4, -0.2) is 49.5 Å². The van der Waals surface area contributed by atoms with Crippen molar-refractivity contribution in [3.63, 3.8) is 0 Å². The van der Waals surface area contributed by atoms with Crippen molar-refractivity contribution in [2.24, 2.45) is 0 Å². The lowest BCUT2D eigenvalue weighted by Crippen LogP contribution is -2.41. The molecular weight excluding hydrogens is 339 g/mol. The maximum atomic E-state index is 14.4. The number of nitrogens with zero attached hydrogens (tertiary/aromatic N) is 1. The van der Waals surface area contributed by atoms with Crippen LogP contribution in [-0.2, 0) is 20.6 Å². The number of hydrogen-bond acceptors (Lipinski definition) is 4. The Hall–Kier alpha value is -1.28. The second-order valence-corrected chi connectivity index (χ2v) is 7.84. The summed E-state index contributed by atoms with van der Waals surface area (Å²) in [5.41, 5.74) is -0.346. The van der Waals surface area contributed by atoms with Crippen molar-refractivity contribution >= 4 is 13.2 Å².